The van der Waals surface area contributed by atoms with E-state index >= 15 is 0 Å². The Morgan fingerprint density at radius 2 is 1.89 bits per heavy atom. The number of sulfonamides is 1. The fraction of sp³-hybridized carbons (Fsp3) is 0.538. The summed E-state index contributed by atoms with van der Waals surface area (Å²) in [5, 5.41) is -0.503. The lowest BCUT2D eigenvalue weighted by atomic mass is 10.3. The Balaban J connectivity index is 2.11. The van der Waals surface area contributed by atoms with Crippen LogP contribution in [0.4, 0.5) is 5.69 Å². The van der Waals surface area contributed by atoms with E-state index in [2.05, 4.69) is 4.72 Å². The second-order valence-electron chi connectivity index (χ2n) is 4.52. The van der Waals surface area contributed by atoms with E-state index in [-0.39, 0.29) is 0 Å². The number of anilines is 1. The third-order valence-electron chi connectivity index (χ3n) is 3.19. The number of nitrogens with one attached hydrogen (secondary N) is 1. The van der Waals surface area contributed by atoms with Crippen LogP contribution in [0.3, 0.4) is 0 Å². The highest BCUT2D eigenvalue weighted by atomic mass is 32.2. The molecule has 106 valence electrons. The number of hydrogen-bond donors (Lipinski definition) is 1. The Kier molecular flexibility index (Phi) is 4.79. The molecule has 19 heavy (non-hydrogen) atoms. The first-order valence-corrected chi connectivity index (χ1v) is 8.06. The lowest BCUT2D eigenvalue weighted by Gasteiger charge is -2.33. The molecule has 1 N–H and O–H groups in total. The molecule has 1 aromatic carbocycles. The van der Waals surface area contributed by atoms with Crippen molar-refractivity contribution in [2.24, 2.45) is 0 Å². The largest absolute Gasteiger partial charge is 0.379 e. The summed E-state index contributed by atoms with van der Waals surface area (Å²) in [6, 6.07) is 8.99. The molecule has 1 aliphatic rings. The number of ether oxygens (including phenoxy) is 1. The van der Waals surface area contributed by atoms with Gasteiger partial charge in [0.1, 0.15) is 5.37 Å². The number of benzene rings is 1. The van der Waals surface area contributed by atoms with Crippen molar-refractivity contribution < 1.29 is 13.2 Å². The van der Waals surface area contributed by atoms with Gasteiger partial charge in [-0.25, -0.2) is 8.42 Å². The van der Waals surface area contributed by atoms with Gasteiger partial charge in [0.2, 0.25) is 10.0 Å². The molecule has 6 heteroatoms. The van der Waals surface area contributed by atoms with Gasteiger partial charge < -0.3 is 4.74 Å². The van der Waals surface area contributed by atoms with Crippen LogP contribution in [-0.4, -0.2) is 45.0 Å². The fourth-order valence-electron chi connectivity index (χ4n) is 2.28. The number of nitrogens with zero attached hydrogens (tertiary/aromatic N) is 1. The number of hydrogen-bond acceptors (Lipinski definition) is 4. The van der Waals surface area contributed by atoms with E-state index in [9.17, 15) is 8.42 Å². The molecule has 0 saturated carbocycles. The lowest BCUT2D eigenvalue weighted by Crippen LogP contribution is -2.48. The molecule has 0 aliphatic carbocycles. The average Bonchev–Trinajstić information content (AvgIpc) is 2.41. The predicted molar refractivity (Wildman–Crippen MR) is 75.5 cm³/mol. The van der Waals surface area contributed by atoms with Gasteiger partial charge in [-0.1, -0.05) is 25.1 Å². The quantitative estimate of drug-likeness (QED) is 0.890. The Labute approximate surface area is 114 Å². The monoisotopic (exact) mass is 284 g/mol. The molecule has 1 saturated heterocycles. The maximum absolute atomic E-state index is 12.4. The Bertz CT molecular complexity index is 484. The molecule has 1 heterocycles. The van der Waals surface area contributed by atoms with Crippen LogP contribution in [0.5, 0.6) is 0 Å². The lowest BCUT2D eigenvalue weighted by molar-refractivity contribution is 0.0306. The van der Waals surface area contributed by atoms with E-state index in [1.165, 1.54) is 0 Å². The van der Waals surface area contributed by atoms with Crippen molar-refractivity contribution in [1.82, 2.24) is 4.90 Å². The number of rotatable bonds is 5. The zero-order chi connectivity index (χ0) is 13.7. The van der Waals surface area contributed by atoms with E-state index in [1.54, 1.807) is 12.1 Å². The summed E-state index contributed by atoms with van der Waals surface area (Å²) in [5.41, 5.74) is 0.606. The first kappa shape index (κ1) is 14.3. The van der Waals surface area contributed by atoms with Crippen molar-refractivity contribution in [3.63, 3.8) is 0 Å². The van der Waals surface area contributed by atoms with E-state index in [0.717, 1.165) is 0 Å². The molecule has 0 aromatic heterocycles. The molecule has 2 rings (SSSR count). The molecule has 1 atom stereocenters. The zero-order valence-corrected chi connectivity index (χ0v) is 11.9. The Morgan fingerprint density at radius 3 is 2.47 bits per heavy atom. The molecule has 0 bridgehead atoms. The highest BCUT2D eigenvalue weighted by molar-refractivity contribution is 7.93. The average molecular weight is 284 g/mol. The van der Waals surface area contributed by atoms with E-state index in [4.69, 9.17) is 4.74 Å². The van der Waals surface area contributed by atoms with Crippen LogP contribution in [0.25, 0.3) is 0 Å². The molecule has 0 amide bonds. The van der Waals surface area contributed by atoms with Gasteiger partial charge in [-0.3, -0.25) is 9.62 Å². The van der Waals surface area contributed by atoms with Gasteiger partial charge >= 0.3 is 0 Å². The van der Waals surface area contributed by atoms with Crippen LogP contribution in [-0.2, 0) is 14.8 Å². The molecular weight excluding hydrogens is 264 g/mol. The molecule has 1 aliphatic heterocycles. The number of para-hydroxylation sites is 1. The molecule has 5 nitrogen and oxygen atoms in total. The topological polar surface area (TPSA) is 58.6 Å². The minimum Gasteiger partial charge on any atom is -0.379 e. The van der Waals surface area contributed by atoms with E-state index in [1.807, 2.05) is 30.0 Å². The number of morpholine rings is 1. The standard InChI is InChI=1S/C13H20N2O3S/c1-2-13(15-8-10-18-11-9-15)19(16,17)14-12-6-4-3-5-7-12/h3-7,13-14H,2,8-11H2,1H3. The predicted octanol–water partition coefficient (Wildman–Crippen LogP) is 1.50. The van der Waals surface area contributed by atoms with Gasteiger partial charge in [0.15, 0.2) is 0 Å². The fourth-order valence-corrected chi connectivity index (χ4v) is 3.92. The van der Waals surface area contributed by atoms with Crippen molar-refractivity contribution in [1.29, 1.82) is 0 Å². The van der Waals surface area contributed by atoms with Crippen LogP contribution in [0.2, 0.25) is 0 Å². The summed E-state index contributed by atoms with van der Waals surface area (Å²) < 4.78 is 32.8. The van der Waals surface area contributed by atoms with Crippen LogP contribution in [0.15, 0.2) is 30.3 Å². The summed E-state index contributed by atoms with van der Waals surface area (Å²) in [5.74, 6) is 0. The van der Waals surface area contributed by atoms with Crippen molar-refractivity contribution in [3.8, 4) is 0 Å². The maximum atomic E-state index is 12.4. The third kappa shape index (κ3) is 3.68. The van der Waals surface area contributed by atoms with Gasteiger partial charge in [0.25, 0.3) is 0 Å². The minimum atomic E-state index is -3.40. The Hall–Kier alpha value is -1.11. The van der Waals surface area contributed by atoms with Crippen LogP contribution < -0.4 is 4.72 Å². The summed E-state index contributed by atoms with van der Waals surface area (Å²) in [6.45, 7) is 4.40. The molecule has 1 fully saturated rings. The summed E-state index contributed by atoms with van der Waals surface area (Å²) >= 11 is 0. The second kappa shape index (κ2) is 6.36. The van der Waals surface area contributed by atoms with Crippen molar-refractivity contribution in [3.05, 3.63) is 30.3 Å². The van der Waals surface area contributed by atoms with E-state index in [0.29, 0.717) is 38.4 Å². The molecule has 0 radical (unpaired) electrons. The SMILES string of the molecule is CCC(N1CCOCC1)S(=O)(=O)Nc1ccccc1. The molecular formula is C13H20N2O3S. The zero-order valence-electron chi connectivity index (χ0n) is 11.1. The first-order chi connectivity index (χ1) is 9.13. The van der Waals surface area contributed by atoms with E-state index < -0.39 is 15.4 Å². The summed E-state index contributed by atoms with van der Waals surface area (Å²) in [4.78, 5) is 1.97. The van der Waals surface area contributed by atoms with Crippen molar-refractivity contribution in [2.75, 3.05) is 31.0 Å². The van der Waals surface area contributed by atoms with Gasteiger partial charge in [-0.05, 0) is 18.6 Å². The molecule has 0 spiro atoms. The Morgan fingerprint density at radius 1 is 1.26 bits per heavy atom. The van der Waals surface area contributed by atoms with Gasteiger partial charge in [-0.15, -0.1) is 0 Å². The smallest absolute Gasteiger partial charge is 0.249 e. The van der Waals surface area contributed by atoms with Gasteiger partial charge in [0, 0.05) is 18.8 Å². The minimum absolute atomic E-state index is 0.503. The third-order valence-corrected chi connectivity index (χ3v) is 5.06. The van der Waals surface area contributed by atoms with Crippen LogP contribution in [0, 0.1) is 0 Å². The van der Waals surface area contributed by atoms with Crippen LogP contribution >= 0.6 is 0 Å². The summed E-state index contributed by atoms with van der Waals surface area (Å²) in [6.07, 6.45) is 0.558. The van der Waals surface area contributed by atoms with Gasteiger partial charge in [-0.2, -0.15) is 0 Å². The molecule has 1 unspecified atom stereocenters. The second-order valence-corrected chi connectivity index (χ2v) is 6.36. The highest BCUT2D eigenvalue weighted by Gasteiger charge is 2.30. The normalized spacial score (nSPS) is 19.0. The summed E-state index contributed by atoms with van der Waals surface area (Å²) in [7, 11) is -3.40. The highest BCUT2D eigenvalue weighted by Crippen LogP contribution is 2.17. The van der Waals surface area contributed by atoms with Crippen LogP contribution in [0.1, 0.15) is 13.3 Å². The van der Waals surface area contributed by atoms with Crippen molar-refractivity contribution >= 4 is 15.7 Å². The van der Waals surface area contributed by atoms with Crippen molar-refractivity contribution in [2.45, 2.75) is 18.7 Å². The molecule has 1 aromatic rings. The van der Waals surface area contributed by atoms with Gasteiger partial charge in [0.05, 0.1) is 13.2 Å². The first-order valence-electron chi connectivity index (χ1n) is 6.52. The maximum Gasteiger partial charge on any atom is 0.249 e.